The maximum Gasteiger partial charge on any atom is 0.327 e. The molecule has 178 valence electrons. The van der Waals surface area contributed by atoms with Gasteiger partial charge in [-0.25, -0.2) is 4.79 Å². The SMILES string of the molecule is CC(C)C(C(=O)O)N1C(=O)C2C3CC(C2C1=O)C1C3Sc2[nH]c(=O)sc2[C@@H]1c1ccc(Br)cc1. The minimum absolute atomic E-state index is 0.0115. The maximum atomic E-state index is 13.6. The summed E-state index contributed by atoms with van der Waals surface area (Å²) >= 11 is 6.36. The highest BCUT2D eigenvalue weighted by molar-refractivity contribution is 9.10. The normalized spacial score (nSPS) is 34.4. The molecule has 2 aromatic rings. The van der Waals surface area contributed by atoms with Crippen LogP contribution in [-0.2, 0) is 14.4 Å². The molecule has 2 aliphatic carbocycles. The van der Waals surface area contributed by atoms with Crippen molar-refractivity contribution in [2.45, 2.75) is 42.5 Å². The van der Waals surface area contributed by atoms with E-state index in [1.54, 1.807) is 25.6 Å². The fourth-order valence-corrected chi connectivity index (χ4v) is 10.2. The lowest BCUT2D eigenvalue weighted by Crippen LogP contribution is -2.49. The molecule has 7 unspecified atom stereocenters. The van der Waals surface area contributed by atoms with Crippen LogP contribution in [-0.4, -0.2) is 44.1 Å². The number of thioether (sulfide) groups is 1. The first-order chi connectivity index (χ1) is 16.2. The summed E-state index contributed by atoms with van der Waals surface area (Å²) in [6, 6.07) is 6.96. The van der Waals surface area contributed by atoms with E-state index in [1.165, 1.54) is 11.3 Å². The molecule has 2 N–H and O–H groups in total. The fraction of sp³-hybridized carbons (Fsp3) is 0.500. The van der Waals surface area contributed by atoms with Gasteiger partial charge < -0.3 is 10.1 Å². The smallest absolute Gasteiger partial charge is 0.327 e. The van der Waals surface area contributed by atoms with E-state index in [0.29, 0.717) is 0 Å². The average Bonchev–Trinajstić information content (AvgIpc) is 3.49. The Morgan fingerprint density at radius 3 is 2.38 bits per heavy atom. The summed E-state index contributed by atoms with van der Waals surface area (Å²) in [6.07, 6.45) is 0.786. The van der Waals surface area contributed by atoms with Crippen molar-refractivity contribution in [3.8, 4) is 0 Å². The predicted octanol–water partition coefficient (Wildman–Crippen LogP) is 3.78. The Balaban J connectivity index is 1.44. The zero-order valence-electron chi connectivity index (χ0n) is 18.4. The third-order valence-corrected chi connectivity index (χ3v) is 11.3. The molecule has 1 aromatic carbocycles. The van der Waals surface area contributed by atoms with Gasteiger partial charge in [0.25, 0.3) is 0 Å². The standard InChI is InChI=1S/C24H23BrN2O5S2/c1-8(2)17(23(30)31)27-21(28)15-11-7-12(16(15)22(27)29)18-14(11)13(9-3-5-10(25)6-4-9)19-20(33-18)26-24(32)34-19/h3-6,8,11-18H,7H2,1-2H3,(H,26,32)(H,30,31)/t11?,12?,13-,14?,15?,16?,17?,18?/m1/s1. The number of fused-ring (bicyclic) bond motifs is 9. The summed E-state index contributed by atoms with van der Waals surface area (Å²) in [4.78, 5) is 56.4. The number of nitrogens with one attached hydrogen (secondary N) is 1. The summed E-state index contributed by atoms with van der Waals surface area (Å²) < 4.78 is 0.967. The van der Waals surface area contributed by atoms with Crippen LogP contribution in [0.25, 0.3) is 0 Å². The maximum absolute atomic E-state index is 13.6. The number of H-pyrrole nitrogens is 1. The number of imide groups is 1. The highest BCUT2D eigenvalue weighted by Gasteiger charge is 2.70. The van der Waals surface area contributed by atoms with E-state index in [0.717, 1.165) is 31.3 Å². The number of hydrogen-bond acceptors (Lipinski definition) is 6. The summed E-state index contributed by atoms with van der Waals surface area (Å²) in [5.74, 6) is -3.06. The van der Waals surface area contributed by atoms with Gasteiger partial charge in [0.1, 0.15) is 6.04 Å². The van der Waals surface area contributed by atoms with Crippen molar-refractivity contribution in [2.24, 2.45) is 35.5 Å². The van der Waals surface area contributed by atoms with Crippen LogP contribution in [0.15, 0.2) is 38.6 Å². The first-order valence-corrected chi connectivity index (χ1v) is 13.9. The molecule has 1 aromatic heterocycles. The predicted molar refractivity (Wildman–Crippen MR) is 131 cm³/mol. The number of thiazole rings is 1. The fourth-order valence-electron chi connectivity index (χ4n) is 7.05. The Hall–Kier alpha value is -1.91. The molecular formula is C24H23BrN2O5S2. The van der Waals surface area contributed by atoms with Crippen LogP contribution in [0.2, 0.25) is 0 Å². The Bertz CT molecular complexity index is 1270. The van der Waals surface area contributed by atoms with Crippen molar-refractivity contribution in [1.29, 1.82) is 0 Å². The topological polar surface area (TPSA) is 108 Å². The molecule has 2 amide bonds. The molecule has 3 heterocycles. The molecule has 0 spiro atoms. The number of likely N-dealkylation sites (tertiary alicyclic amines) is 1. The number of amides is 2. The third-order valence-electron chi connectivity index (χ3n) is 8.15. The number of rotatable bonds is 4. The lowest BCUT2D eigenvalue weighted by Gasteiger charge is -2.43. The zero-order chi connectivity index (χ0) is 24.0. The molecule has 34 heavy (non-hydrogen) atoms. The van der Waals surface area contributed by atoms with Crippen LogP contribution in [0.5, 0.6) is 0 Å². The number of aliphatic carboxylic acids is 1. The molecule has 1 saturated heterocycles. The first kappa shape index (κ1) is 22.5. The second-order valence-electron chi connectivity index (χ2n) is 10.1. The van der Waals surface area contributed by atoms with Crippen molar-refractivity contribution in [3.05, 3.63) is 48.8 Å². The monoisotopic (exact) mass is 562 g/mol. The molecule has 10 heteroatoms. The molecule has 3 fully saturated rings. The van der Waals surface area contributed by atoms with Crippen molar-refractivity contribution < 1.29 is 19.5 Å². The molecule has 6 rings (SSSR count). The van der Waals surface area contributed by atoms with Crippen LogP contribution in [0, 0.1) is 35.5 Å². The molecule has 4 aliphatic rings. The minimum Gasteiger partial charge on any atom is -0.480 e. The number of carbonyl (C=O) groups is 3. The van der Waals surface area contributed by atoms with Crippen molar-refractivity contribution in [3.63, 3.8) is 0 Å². The number of carboxylic acid groups (broad SMARTS) is 1. The van der Waals surface area contributed by atoms with E-state index in [-0.39, 0.29) is 51.5 Å². The molecular weight excluding hydrogens is 540 g/mol. The highest BCUT2D eigenvalue weighted by atomic mass is 79.9. The van der Waals surface area contributed by atoms with Crippen LogP contribution in [0.4, 0.5) is 0 Å². The zero-order valence-corrected chi connectivity index (χ0v) is 21.7. The lowest BCUT2D eigenvalue weighted by molar-refractivity contribution is -0.157. The van der Waals surface area contributed by atoms with Gasteiger partial charge in [-0.15, -0.1) is 11.8 Å². The van der Waals surface area contributed by atoms with Gasteiger partial charge in [0.2, 0.25) is 11.8 Å². The van der Waals surface area contributed by atoms with E-state index in [1.807, 2.05) is 12.1 Å². The van der Waals surface area contributed by atoms with E-state index in [2.05, 4.69) is 33.0 Å². The van der Waals surface area contributed by atoms with E-state index in [9.17, 15) is 24.3 Å². The molecule has 2 bridgehead atoms. The van der Waals surface area contributed by atoms with Crippen molar-refractivity contribution >= 4 is 56.8 Å². The van der Waals surface area contributed by atoms with Gasteiger partial charge in [-0.1, -0.05) is 53.2 Å². The number of aromatic amines is 1. The Labute approximate surface area is 212 Å². The Morgan fingerprint density at radius 1 is 1.12 bits per heavy atom. The molecule has 8 atom stereocenters. The number of nitrogens with zero attached hydrogens (tertiary/aromatic N) is 1. The number of carboxylic acids is 1. The summed E-state index contributed by atoms with van der Waals surface area (Å²) in [7, 11) is 0. The lowest BCUT2D eigenvalue weighted by atomic mass is 9.68. The van der Waals surface area contributed by atoms with Gasteiger partial charge in [0.15, 0.2) is 0 Å². The molecule has 2 aliphatic heterocycles. The van der Waals surface area contributed by atoms with E-state index in [4.69, 9.17) is 0 Å². The summed E-state index contributed by atoms with van der Waals surface area (Å²) in [5, 5.41) is 10.8. The number of carbonyl (C=O) groups excluding carboxylic acids is 2. The van der Waals surface area contributed by atoms with Crippen LogP contribution in [0.3, 0.4) is 0 Å². The quantitative estimate of drug-likeness (QED) is 0.549. The largest absolute Gasteiger partial charge is 0.480 e. The Kier molecular flexibility index (Phi) is 5.17. The van der Waals surface area contributed by atoms with Gasteiger partial charge >= 0.3 is 10.8 Å². The second kappa shape index (κ2) is 7.80. The number of halogens is 1. The summed E-state index contributed by atoms with van der Waals surface area (Å²) in [5.41, 5.74) is 1.10. The Morgan fingerprint density at radius 2 is 1.76 bits per heavy atom. The van der Waals surface area contributed by atoms with Crippen LogP contribution < -0.4 is 4.87 Å². The number of benzene rings is 1. The number of aromatic nitrogens is 1. The molecule has 7 nitrogen and oxygen atoms in total. The summed E-state index contributed by atoms with van der Waals surface area (Å²) in [6.45, 7) is 3.46. The highest BCUT2D eigenvalue weighted by Crippen LogP contribution is 2.68. The van der Waals surface area contributed by atoms with E-state index >= 15 is 0 Å². The molecule has 0 radical (unpaired) electrons. The first-order valence-electron chi connectivity index (χ1n) is 11.4. The third kappa shape index (κ3) is 3.00. The second-order valence-corrected chi connectivity index (χ2v) is 13.2. The van der Waals surface area contributed by atoms with Crippen molar-refractivity contribution in [1.82, 2.24) is 9.88 Å². The minimum atomic E-state index is -1.14. The van der Waals surface area contributed by atoms with Gasteiger partial charge in [-0.2, -0.15) is 0 Å². The van der Waals surface area contributed by atoms with E-state index < -0.39 is 23.8 Å². The van der Waals surface area contributed by atoms with Gasteiger partial charge in [0.05, 0.1) is 16.9 Å². The molecule has 2 saturated carbocycles. The average molecular weight is 563 g/mol. The van der Waals surface area contributed by atoms with Crippen LogP contribution >= 0.6 is 39.0 Å². The van der Waals surface area contributed by atoms with Crippen molar-refractivity contribution in [2.75, 3.05) is 0 Å². The van der Waals surface area contributed by atoms with Gasteiger partial charge in [-0.3, -0.25) is 19.3 Å². The number of hydrogen-bond donors (Lipinski definition) is 2. The van der Waals surface area contributed by atoms with Crippen LogP contribution in [0.1, 0.15) is 36.6 Å². The van der Waals surface area contributed by atoms with Gasteiger partial charge in [0, 0.05) is 20.5 Å². The van der Waals surface area contributed by atoms with Gasteiger partial charge in [-0.05, 0) is 47.8 Å².